The lowest BCUT2D eigenvalue weighted by atomic mass is 9.82. The molecule has 1 aliphatic carbocycles. The van der Waals surface area contributed by atoms with Gasteiger partial charge in [-0.25, -0.2) is 0 Å². The van der Waals surface area contributed by atoms with Crippen molar-refractivity contribution in [3.63, 3.8) is 0 Å². The van der Waals surface area contributed by atoms with Crippen molar-refractivity contribution in [2.24, 2.45) is 0 Å². The minimum Gasteiger partial charge on any atom is -0.310 e. The minimum absolute atomic E-state index is 0.0593. The lowest BCUT2D eigenvalue weighted by molar-refractivity contribution is 0.660. The van der Waals surface area contributed by atoms with E-state index in [0.29, 0.717) is 0 Å². The van der Waals surface area contributed by atoms with Crippen molar-refractivity contribution in [1.82, 2.24) is 0 Å². The van der Waals surface area contributed by atoms with Gasteiger partial charge < -0.3 is 4.90 Å². The molecule has 0 aromatic heterocycles. The van der Waals surface area contributed by atoms with Crippen LogP contribution in [0.5, 0.6) is 0 Å². The molecule has 1 aliphatic rings. The van der Waals surface area contributed by atoms with E-state index in [1.807, 2.05) is 0 Å². The highest BCUT2D eigenvalue weighted by molar-refractivity contribution is 5.97. The average molecular weight is 578 g/mol. The first-order valence-corrected chi connectivity index (χ1v) is 15.8. The third-order valence-electron chi connectivity index (χ3n) is 9.60. The van der Waals surface area contributed by atoms with Crippen LogP contribution in [0.15, 0.2) is 158 Å². The van der Waals surface area contributed by atoms with Gasteiger partial charge in [-0.1, -0.05) is 123 Å². The van der Waals surface area contributed by atoms with E-state index in [1.165, 1.54) is 66.5 Å². The predicted octanol–water partition coefficient (Wildman–Crippen LogP) is 12.3. The molecule has 1 nitrogen and oxygen atoms in total. The molecular formula is C44H35N. The van der Waals surface area contributed by atoms with Crippen molar-refractivity contribution in [1.29, 1.82) is 0 Å². The highest BCUT2D eigenvalue weighted by Crippen LogP contribution is 2.50. The number of benzene rings is 7. The number of para-hydroxylation sites is 1. The Bertz CT molecular complexity index is 2190. The van der Waals surface area contributed by atoms with Crippen molar-refractivity contribution in [3.05, 3.63) is 174 Å². The summed E-state index contributed by atoms with van der Waals surface area (Å²) in [5.41, 5.74) is 15.1. The predicted molar refractivity (Wildman–Crippen MR) is 192 cm³/mol. The molecular weight excluding hydrogens is 542 g/mol. The summed E-state index contributed by atoms with van der Waals surface area (Å²) in [5, 5.41) is 2.51. The molecule has 0 aliphatic heterocycles. The Kier molecular flexibility index (Phi) is 6.43. The molecule has 7 aromatic rings. The lowest BCUT2D eigenvalue weighted by Gasteiger charge is -2.28. The van der Waals surface area contributed by atoms with Crippen molar-refractivity contribution in [2.75, 3.05) is 4.90 Å². The van der Waals surface area contributed by atoms with Crippen LogP contribution in [0.1, 0.15) is 30.5 Å². The van der Waals surface area contributed by atoms with Gasteiger partial charge >= 0.3 is 0 Å². The monoisotopic (exact) mass is 577 g/mol. The van der Waals surface area contributed by atoms with Crippen LogP contribution in [0.2, 0.25) is 0 Å². The Morgan fingerprint density at radius 3 is 1.69 bits per heavy atom. The van der Waals surface area contributed by atoms with Gasteiger partial charge in [0.2, 0.25) is 0 Å². The molecule has 0 amide bonds. The molecule has 0 fully saturated rings. The van der Waals surface area contributed by atoms with Gasteiger partial charge in [0, 0.05) is 22.5 Å². The average Bonchev–Trinajstić information content (AvgIpc) is 3.31. The maximum Gasteiger partial charge on any atom is 0.0465 e. The Morgan fingerprint density at radius 2 is 0.956 bits per heavy atom. The molecule has 0 bridgehead atoms. The maximum absolute atomic E-state index is 2.40. The van der Waals surface area contributed by atoms with Gasteiger partial charge in [0.05, 0.1) is 0 Å². The quantitative estimate of drug-likeness (QED) is 0.197. The Hall–Kier alpha value is -5.40. The fourth-order valence-corrected chi connectivity index (χ4v) is 7.22. The summed E-state index contributed by atoms with van der Waals surface area (Å²) < 4.78 is 0. The SMILES string of the molecule is Cc1ccccc1-c1cc2ccccc2cc1-c1ccc(N(c2ccccc2)c2ccc3c(c2)C(C)(C)c2ccccc2-3)cc1. The minimum atomic E-state index is -0.0593. The normalized spacial score (nSPS) is 13.0. The number of nitrogens with zero attached hydrogens (tertiary/aromatic N) is 1. The van der Waals surface area contributed by atoms with Crippen LogP contribution in [0.4, 0.5) is 17.1 Å². The van der Waals surface area contributed by atoms with Crippen LogP contribution in [-0.2, 0) is 5.41 Å². The summed E-state index contributed by atoms with van der Waals surface area (Å²) in [6.07, 6.45) is 0. The zero-order valence-corrected chi connectivity index (χ0v) is 26.0. The van der Waals surface area contributed by atoms with E-state index in [-0.39, 0.29) is 5.41 Å². The molecule has 0 spiro atoms. The molecule has 45 heavy (non-hydrogen) atoms. The molecule has 0 radical (unpaired) electrons. The second-order valence-electron chi connectivity index (χ2n) is 12.7. The largest absolute Gasteiger partial charge is 0.310 e. The molecule has 0 atom stereocenters. The Labute approximate surface area is 266 Å². The zero-order valence-electron chi connectivity index (χ0n) is 26.0. The zero-order chi connectivity index (χ0) is 30.5. The number of anilines is 3. The van der Waals surface area contributed by atoms with E-state index >= 15 is 0 Å². The number of aryl methyl sites for hydroxylation is 1. The van der Waals surface area contributed by atoms with E-state index in [1.54, 1.807) is 0 Å². The number of rotatable bonds is 5. The van der Waals surface area contributed by atoms with Gasteiger partial charge in [0.1, 0.15) is 0 Å². The lowest BCUT2D eigenvalue weighted by Crippen LogP contribution is -2.16. The Morgan fingerprint density at radius 1 is 0.400 bits per heavy atom. The van der Waals surface area contributed by atoms with E-state index < -0.39 is 0 Å². The molecule has 8 rings (SSSR count). The molecule has 0 heterocycles. The Balaban J connectivity index is 1.25. The molecule has 7 aromatic carbocycles. The van der Waals surface area contributed by atoms with Gasteiger partial charge in [0.15, 0.2) is 0 Å². The molecule has 0 N–H and O–H groups in total. The van der Waals surface area contributed by atoms with Crippen molar-refractivity contribution in [3.8, 4) is 33.4 Å². The number of fused-ring (bicyclic) bond motifs is 4. The summed E-state index contributed by atoms with van der Waals surface area (Å²) >= 11 is 0. The summed E-state index contributed by atoms with van der Waals surface area (Å²) in [6.45, 7) is 6.89. The van der Waals surface area contributed by atoms with Gasteiger partial charge in [-0.2, -0.15) is 0 Å². The van der Waals surface area contributed by atoms with Gasteiger partial charge in [-0.05, 0) is 116 Å². The van der Waals surface area contributed by atoms with Crippen LogP contribution < -0.4 is 4.90 Å². The van der Waals surface area contributed by atoms with Crippen molar-refractivity contribution in [2.45, 2.75) is 26.2 Å². The highest BCUT2D eigenvalue weighted by Gasteiger charge is 2.35. The first-order valence-electron chi connectivity index (χ1n) is 15.8. The van der Waals surface area contributed by atoms with Crippen molar-refractivity contribution >= 4 is 27.8 Å². The van der Waals surface area contributed by atoms with Crippen molar-refractivity contribution < 1.29 is 0 Å². The van der Waals surface area contributed by atoms with Crippen LogP contribution in [0.25, 0.3) is 44.2 Å². The summed E-state index contributed by atoms with van der Waals surface area (Å²) in [6, 6.07) is 57.7. The van der Waals surface area contributed by atoms with Crippen LogP contribution in [-0.4, -0.2) is 0 Å². The fourth-order valence-electron chi connectivity index (χ4n) is 7.22. The summed E-state index contributed by atoms with van der Waals surface area (Å²) in [5.74, 6) is 0. The number of hydrogen-bond acceptors (Lipinski definition) is 1. The maximum atomic E-state index is 2.40. The van der Waals surface area contributed by atoms with Crippen LogP contribution in [0.3, 0.4) is 0 Å². The first kappa shape index (κ1) is 27.2. The second-order valence-corrected chi connectivity index (χ2v) is 12.7. The van der Waals surface area contributed by atoms with E-state index in [2.05, 4.69) is 183 Å². The molecule has 0 saturated carbocycles. The van der Waals surface area contributed by atoms with Crippen LogP contribution in [0, 0.1) is 6.92 Å². The molecule has 0 saturated heterocycles. The fraction of sp³-hybridized carbons (Fsp3) is 0.0909. The third-order valence-corrected chi connectivity index (χ3v) is 9.60. The smallest absolute Gasteiger partial charge is 0.0465 e. The number of hydrogen-bond donors (Lipinski definition) is 0. The van der Waals surface area contributed by atoms with E-state index in [0.717, 1.165) is 11.4 Å². The summed E-state index contributed by atoms with van der Waals surface area (Å²) in [4.78, 5) is 2.38. The van der Waals surface area contributed by atoms with Gasteiger partial charge in [0.25, 0.3) is 0 Å². The van der Waals surface area contributed by atoms with E-state index in [4.69, 9.17) is 0 Å². The van der Waals surface area contributed by atoms with Crippen LogP contribution >= 0.6 is 0 Å². The molecule has 216 valence electrons. The van der Waals surface area contributed by atoms with Gasteiger partial charge in [-0.3, -0.25) is 0 Å². The first-order chi connectivity index (χ1) is 22.0. The van der Waals surface area contributed by atoms with Gasteiger partial charge in [-0.15, -0.1) is 0 Å². The molecule has 1 heteroatoms. The third kappa shape index (κ3) is 4.55. The van der Waals surface area contributed by atoms with E-state index in [9.17, 15) is 0 Å². The topological polar surface area (TPSA) is 3.24 Å². The highest BCUT2D eigenvalue weighted by atomic mass is 15.1. The second kappa shape index (κ2) is 10.6. The summed E-state index contributed by atoms with van der Waals surface area (Å²) in [7, 11) is 0. The standard InChI is InChI=1S/C44H35N/c1-30-13-7-10-18-37(30)41-28-33-15-9-8-14-32(33)27-40(41)31-21-23-35(24-22-31)45(34-16-5-4-6-17-34)36-25-26-39-38-19-11-12-20-42(38)44(2,3)43(39)29-36/h4-29H,1-3H3. The molecule has 0 unspecified atom stereocenters.